The van der Waals surface area contributed by atoms with E-state index in [0.29, 0.717) is 30.3 Å². The summed E-state index contributed by atoms with van der Waals surface area (Å²) < 4.78 is 6.05. The first-order chi connectivity index (χ1) is 10.1. The quantitative estimate of drug-likeness (QED) is 0.931. The van der Waals surface area contributed by atoms with Gasteiger partial charge >= 0.3 is 0 Å². The van der Waals surface area contributed by atoms with Gasteiger partial charge in [0.15, 0.2) is 5.82 Å². The van der Waals surface area contributed by atoms with Crippen molar-refractivity contribution in [2.75, 3.05) is 5.73 Å². The molecule has 3 rings (SSSR count). The molecule has 1 fully saturated rings. The number of aromatic nitrogens is 2. The number of hydrogen-bond donors (Lipinski definition) is 1. The second kappa shape index (κ2) is 5.89. The highest BCUT2D eigenvalue weighted by molar-refractivity contribution is 7.18. The molecule has 2 N–H and O–H groups in total. The van der Waals surface area contributed by atoms with E-state index in [1.807, 2.05) is 0 Å². The lowest BCUT2D eigenvalue weighted by molar-refractivity contribution is -0.0180. The monoisotopic (exact) mass is 305 g/mol. The topological polar surface area (TPSA) is 61.0 Å². The maximum absolute atomic E-state index is 6.11. The number of nitrogen functional groups attached to an aromatic ring is 1. The van der Waals surface area contributed by atoms with Crippen LogP contribution in [-0.4, -0.2) is 16.1 Å². The van der Waals surface area contributed by atoms with E-state index in [-0.39, 0.29) is 0 Å². The first-order valence-electron chi connectivity index (χ1n) is 7.70. The molecular formula is C16H23N3OS. The molecule has 2 atom stereocenters. The van der Waals surface area contributed by atoms with Crippen molar-refractivity contribution in [3.05, 3.63) is 16.3 Å². The molecule has 0 bridgehead atoms. The fourth-order valence-corrected chi connectivity index (χ4v) is 4.16. The van der Waals surface area contributed by atoms with Crippen molar-refractivity contribution in [3.63, 3.8) is 0 Å². The van der Waals surface area contributed by atoms with E-state index < -0.39 is 0 Å². The van der Waals surface area contributed by atoms with Crippen molar-refractivity contribution in [3.8, 4) is 0 Å². The SMILES string of the molecule is Cc1sc2nc(COC3CCCCC3C)nc(N)c2c1C. The zero-order chi connectivity index (χ0) is 15.0. The van der Waals surface area contributed by atoms with E-state index >= 15 is 0 Å². The number of nitrogens with two attached hydrogens (primary N) is 1. The fraction of sp³-hybridized carbons (Fsp3) is 0.625. The zero-order valence-electron chi connectivity index (χ0n) is 13.0. The predicted octanol–water partition coefficient (Wildman–Crippen LogP) is 3.99. The van der Waals surface area contributed by atoms with Crippen molar-refractivity contribution in [1.29, 1.82) is 0 Å². The molecule has 0 spiro atoms. The first kappa shape index (κ1) is 14.7. The molecule has 0 aromatic carbocycles. The van der Waals surface area contributed by atoms with E-state index in [1.165, 1.54) is 29.7 Å². The summed E-state index contributed by atoms with van der Waals surface area (Å²) >= 11 is 1.68. The summed E-state index contributed by atoms with van der Waals surface area (Å²) in [7, 11) is 0. The smallest absolute Gasteiger partial charge is 0.158 e. The molecule has 0 aliphatic heterocycles. The van der Waals surface area contributed by atoms with Crippen LogP contribution < -0.4 is 5.73 Å². The standard InChI is InChI=1S/C16H23N3OS/c1-9-6-4-5-7-12(9)20-8-13-18-15(17)14-10(2)11(3)21-16(14)19-13/h9,12H,4-8H2,1-3H3,(H2,17,18,19). The zero-order valence-corrected chi connectivity index (χ0v) is 13.8. The number of ether oxygens (including phenoxy) is 1. The van der Waals surface area contributed by atoms with Gasteiger partial charge in [-0.15, -0.1) is 11.3 Å². The van der Waals surface area contributed by atoms with Crippen LogP contribution in [0.3, 0.4) is 0 Å². The number of thiophene rings is 1. The lowest BCUT2D eigenvalue weighted by Crippen LogP contribution is -2.25. The molecule has 1 saturated carbocycles. The molecule has 4 nitrogen and oxygen atoms in total. The molecule has 2 aromatic rings. The van der Waals surface area contributed by atoms with Crippen molar-refractivity contribution >= 4 is 27.4 Å². The Hall–Kier alpha value is -1.20. The van der Waals surface area contributed by atoms with Crippen LogP contribution in [0.4, 0.5) is 5.82 Å². The predicted molar refractivity (Wildman–Crippen MR) is 87.5 cm³/mol. The highest BCUT2D eigenvalue weighted by Crippen LogP contribution is 2.32. The molecule has 114 valence electrons. The molecular weight excluding hydrogens is 282 g/mol. The normalized spacial score (nSPS) is 22.8. The van der Waals surface area contributed by atoms with Crippen molar-refractivity contribution in [2.45, 2.75) is 59.2 Å². The molecule has 0 saturated heterocycles. The molecule has 1 aliphatic carbocycles. The minimum absolute atomic E-state index is 0.339. The summed E-state index contributed by atoms with van der Waals surface area (Å²) in [5.41, 5.74) is 7.30. The summed E-state index contributed by atoms with van der Waals surface area (Å²) in [6.07, 6.45) is 5.34. The van der Waals surface area contributed by atoms with E-state index in [0.717, 1.165) is 16.6 Å². The molecule has 2 heterocycles. The van der Waals surface area contributed by atoms with Crippen LogP contribution in [0.5, 0.6) is 0 Å². The summed E-state index contributed by atoms with van der Waals surface area (Å²) in [4.78, 5) is 11.3. The Kier molecular flexibility index (Phi) is 4.13. The van der Waals surface area contributed by atoms with Crippen LogP contribution >= 0.6 is 11.3 Å². The lowest BCUT2D eigenvalue weighted by atomic mass is 9.88. The van der Waals surface area contributed by atoms with Gasteiger partial charge in [0.25, 0.3) is 0 Å². The maximum Gasteiger partial charge on any atom is 0.158 e. The Balaban J connectivity index is 1.78. The third-order valence-electron chi connectivity index (χ3n) is 4.56. The largest absolute Gasteiger partial charge is 0.383 e. The van der Waals surface area contributed by atoms with Gasteiger partial charge in [0, 0.05) is 4.88 Å². The molecule has 5 heteroatoms. The van der Waals surface area contributed by atoms with Gasteiger partial charge in [0.05, 0.1) is 11.5 Å². The van der Waals surface area contributed by atoms with E-state index in [2.05, 4.69) is 30.7 Å². The average Bonchev–Trinajstić information content (AvgIpc) is 2.73. The van der Waals surface area contributed by atoms with Crippen LogP contribution in [0.1, 0.15) is 48.9 Å². The molecule has 0 radical (unpaired) electrons. The number of fused-ring (bicyclic) bond motifs is 1. The van der Waals surface area contributed by atoms with Gasteiger partial charge in [-0.3, -0.25) is 0 Å². The van der Waals surface area contributed by atoms with Crippen LogP contribution in [-0.2, 0) is 11.3 Å². The minimum atomic E-state index is 0.339. The Morgan fingerprint density at radius 3 is 2.76 bits per heavy atom. The Morgan fingerprint density at radius 1 is 1.24 bits per heavy atom. The third kappa shape index (κ3) is 2.90. The minimum Gasteiger partial charge on any atom is -0.383 e. The van der Waals surface area contributed by atoms with E-state index in [9.17, 15) is 0 Å². The number of anilines is 1. The van der Waals surface area contributed by atoms with Crippen LogP contribution in [0.15, 0.2) is 0 Å². The second-order valence-corrected chi connectivity index (χ2v) is 7.30. The summed E-state index contributed by atoms with van der Waals surface area (Å²) in [6.45, 7) is 6.91. The third-order valence-corrected chi connectivity index (χ3v) is 5.66. The molecule has 2 aromatic heterocycles. The van der Waals surface area contributed by atoms with Crippen LogP contribution in [0.2, 0.25) is 0 Å². The van der Waals surface area contributed by atoms with Gasteiger partial charge in [0.2, 0.25) is 0 Å². The average molecular weight is 305 g/mol. The highest BCUT2D eigenvalue weighted by Gasteiger charge is 2.22. The van der Waals surface area contributed by atoms with Gasteiger partial charge < -0.3 is 10.5 Å². The molecule has 2 unspecified atom stereocenters. The number of aryl methyl sites for hydroxylation is 2. The van der Waals surface area contributed by atoms with Crippen LogP contribution in [0, 0.1) is 19.8 Å². The molecule has 1 aliphatic rings. The summed E-state index contributed by atoms with van der Waals surface area (Å²) in [6, 6.07) is 0. The summed E-state index contributed by atoms with van der Waals surface area (Å²) in [5, 5.41) is 1.01. The van der Waals surface area contributed by atoms with Crippen LogP contribution in [0.25, 0.3) is 10.2 Å². The van der Waals surface area contributed by atoms with Gasteiger partial charge in [0.1, 0.15) is 17.3 Å². The van der Waals surface area contributed by atoms with Gasteiger partial charge in [-0.05, 0) is 38.2 Å². The first-order valence-corrected chi connectivity index (χ1v) is 8.51. The fourth-order valence-electron chi connectivity index (χ4n) is 3.10. The van der Waals surface area contributed by atoms with Gasteiger partial charge in [-0.25, -0.2) is 9.97 Å². The Labute approximate surface area is 129 Å². The lowest BCUT2D eigenvalue weighted by Gasteiger charge is -2.28. The molecule has 0 amide bonds. The van der Waals surface area contributed by atoms with Crippen molar-refractivity contribution in [1.82, 2.24) is 9.97 Å². The van der Waals surface area contributed by atoms with Gasteiger partial charge in [-0.1, -0.05) is 19.8 Å². The Bertz CT molecular complexity index is 652. The van der Waals surface area contributed by atoms with E-state index in [4.69, 9.17) is 10.5 Å². The maximum atomic E-state index is 6.11. The Morgan fingerprint density at radius 2 is 2.00 bits per heavy atom. The second-order valence-electron chi connectivity index (χ2n) is 6.10. The number of nitrogens with zero attached hydrogens (tertiary/aromatic N) is 2. The van der Waals surface area contributed by atoms with Crippen molar-refractivity contribution < 1.29 is 4.74 Å². The number of rotatable bonds is 3. The number of hydrogen-bond acceptors (Lipinski definition) is 5. The highest BCUT2D eigenvalue weighted by atomic mass is 32.1. The van der Waals surface area contributed by atoms with Crippen molar-refractivity contribution in [2.24, 2.45) is 5.92 Å². The van der Waals surface area contributed by atoms with Gasteiger partial charge in [-0.2, -0.15) is 0 Å². The molecule has 21 heavy (non-hydrogen) atoms. The van der Waals surface area contributed by atoms with E-state index in [1.54, 1.807) is 11.3 Å². The summed E-state index contributed by atoms with van der Waals surface area (Å²) in [5.74, 6) is 1.92.